The number of amides is 1. The molecule has 0 aliphatic carbocycles. The van der Waals surface area contributed by atoms with Gasteiger partial charge in [0.15, 0.2) is 5.78 Å². The second-order valence-electron chi connectivity index (χ2n) is 4.06. The van der Waals surface area contributed by atoms with Crippen molar-refractivity contribution in [1.82, 2.24) is 10.3 Å². The number of anilines is 1. The lowest BCUT2D eigenvalue weighted by atomic mass is 10.1. The Morgan fingerprint density at radius 2 is 2.32 bits per heavy atom. The Kier molecular flexibility index (Phi) is 6.89. The van der Waals surface area contributed by atoms with Gasteiger partial charge in [-0.2, -0.15) is 0 Å². The number of hydrogen-bond acceptors (Lipinski definition) is 4. The number of aromatic nitrogens is 1. The maximum absolute atomic E-state index is 11.3. The Morgan fingerprint density at radius 3 is 3.00 bits per heavy atom. The maximum Gasteiger partial charge on any atom is 0.207 e. The number of hydrogen-bond donors (Lipinski definition) is 2. The van der Waals surface area contributed by atoms with Gasteiger partial charge < -0.3 is 10.6 Å². The van der Waals surface area contributed by atoms with Crippen LogP contribution in [0.4, 0.5) is 5.69 Å². The smallest absolute Gasteiger partial charge is 0.207 e. The monoisotopic (exact) mass is 283 g/mol. The zero-order valence-corrected chi connectivity index (χ0v) is 11.7. The van der Waals surface area contributed by atoms with Crippen LogP contribution in [0.15, 0.2) is 12.1 Å². The summed E-state index contributed by atoms with van der Waals surface area (Å²) in [6, 6.07) is 3.45. The van der Waals surface area contributed by atoms with E-state index in [-0.39, 0.29) is 5.78 Å². The summed E-state index contributed by atoms with van der Waals surface area (Å²) in [4.78, 5) is 24.8. The molecule has 2 rings (SSSR count). The molecule has 0 radical (unpaired) electrons. The van der Waals surface area contributed by atoms with Gasteiger partial charge in [0.05, 0.1) is 5.69 Å². The van der Waals surface area contributed by atoms with Crippen LogP contribution in [0.5, 0.6) is 0 Å². The molecule has 1 aromatic heterocycles. The van der Waals surface area contributed by atoms with Crippen molar-refractivity contribution in [3.63, 3.8) is 0 Å². The number of fused-ring (bicyclic) bond motifs is 1. The molecule has 19 heavy (non-hydrogen) atoms. The summed E-state index contributed by atoms with van der Waals surface area (Å²) < 4.78 is 0. The van der Waals surface area contributed by atoms with Crippen LogP contribution < -0.4 is 10.6 Å². The van der Waals surface area contributed by atoms with E-state index in [9.17, 15) is 9.59 Å². The number of nitrogens with one attached hydrogen (secondary N) is 2. The quantitative estimate of drug-likeness (QED) is 0.505. The SMILES string of the molecule is CCCCNC=O.O=C1CCNc2ccc(Cl)nc21. The van der Waals surface area contributed by atoms with E-state index in [1.807, 2.05) is 0 Å². The molecule has 0 atom stereocenters. The molecule has 2 N–H and O–H groups in total. The van der Waals surface area contributed by atoms with E-state index in [0.29, 0.717) is 23.8 Å². The molecule has 5 nitrogen and oxygen atoms in total. The van der Waals surface area contributed by atoms with Gasteiger partial charge >= 0.3 is 0 Å². The number of unbranched alkanes of at least 4 members (excludes halogenated alkanes) is 1. The molecular formula is C13H18ClN3O2. The first-order valence-corrected chi connectivity index (χ1v) is 6.67. The van der Waals surface area contributed by atoms with E-state index in [0.717, 1.165) is 31.5 Å². The fourth-order valence-electron chi connectivity index (χ4n) is 1.56. The predicted molar refractivity (Wildman–Crippen MR) is 75.7 cm³/mol. The van der Waals surface area contributed by atoms with Gasteiger partial charge in [0, 0.05) is 19.5 Å². The molecule has 0 saturated heterocycles. The molecule has 0 spiro atoms. The van der Waals surface area contributed by atoms with Crippen LogP contribution in [0.25, 0.3) is 0 Å². The largest absolute Gasteiger partial charge is 0.383 e. The maximum atomic E-state index is 11.3. The van der Waals surface area contributed by atoms with E-state index in [2.05, 4.69) is 22.5 Å². The Bertz CT molecular complexity index is 438. The number of ketones is 1. The third-order valence-electron chi connectivity index (χ3n) is 2.55. The van der Waals surface area contributed by atoms with Crippen molar-refractivity contribution in [2.45, 2.75) is 26.2 Å². The number of halogens is 1. The lowest BCUT2D eigenvalue weighted by Gasteiger charge is -2.15. The van der Waals surface area contributed by atoms with Crippen molar-refractivity contribution in [2.75, 3.05) is 18.4 Å². The first-order valence-electron chi connectivity index (χ1n) is 6.29. The van der Waals surface area contributed by atoms with Crippen LogP contribution in [0.3, 0.4) is 0 Å². The zero-order valence-electron chi connectivity index (χ0n) is 10.9. The number of carbonyl (C=O) groups excluding carboxylic acids is 2. The molecule has 6 heteroatoms. The minimum atomic E-state index is 0.0613. The molecule has 0 aromatic carbocycles. The van der Waals surface area contributed by atoms with E-state index < -0.39 is 0 Å². The molecule has 1 amide bonds. The van der Waals surface area contributed by atoms with Crippen LogP contribution in [0.2, 0.25) is 5.15 Å². The Labute approximate surface area is 117 Å². The summed E-state index contributed by atoms with van der Waals surface area (Å²) in [5, 5.41) is 6.01. The summed E-state index contributed by atoms with van der Waals surface area (Å²) >= 11 is 5.65. The Balaban J connectivity index is 0.000000224. The molecule has 1 aromatic rings. The van der Waals surface area contributed by atoms with Gasteiger partial charge in [0.2, 0.25) is 6.41 Å². The highest BCUT2D eigenvalue weighted by molar-refractivity contribution is 6.29. The van der Waals surface area contributed by atoms with Crippen LogP contribution >= 0.6 is 11.6 Å². The number of Topliss-reactive ketones (excluding diaryl/α,β-unsaturated/α-hetero) is 1. The van der Waals surface area contributed by atoms with Gasteiger partial charge in [0.25, 0.3) is 0 Å². The van der Waals surface area contributed by atoms with Crippen molar-refractivity contribution in [3.05, 3.63) is 23.0 Å². The second-order valence-corrected chi connectivity index (χ2v) is 4.44. The average molecular weight is 284 g/mol. The van der Waals surface area contributed by atoms with Gasteiger partial charge in [-0.1, -0.05) is 24.9 Å². The molecule has 1 aliphatic heterocycles. The highest BCUT2D eigenvalue weighted by atomic mass is 35.5. The highest BCUT2D eigenvalue weighted by Gasteiger charge is 2.17. The van der Waals surface area contributed by atoms with E-state index in [1.54, 1.807) is 12.1 Å². The first kappa shape index (κ1) is 15.4. The lowest BCUT2D eigenvalue weighted by molar-refractivity contribution is -0.109. The summed E-state index contributed by atoms with van der Waals surface area (Å²) in [6.45, 7) is 3.60. The summed E-state index contributed by atoms with van der Waals surface area (Å²) in [6.07, 6.45) is 3.45. The van der Waals surface area contributed by atoms with E-state index >= 15 is 0 Å². The topological polar surface area (TPSA) is 71.1 Å². The predicted octanol–water partition coefficient (Wildman–Crippen LogP) is 2.27. The summed E-state index contributed by atoms with van der Waals surface area (Å²) in [5.41, 5.74) is 1.25. The molecule has 2 heterocycles. The van der Waals surface area contributed by atoms with Gasteiger partial charge in [-0.05, 0) is 18.6 Å². The van der Waals surface area contributed by atoms with Crippen molar-refractivity contribution >= 4 is 29.5 Å². The van der Waals surface area contributed by atoms with Gasteiger partial charge in [-0.15, -0.1) is 0 Å². The van der Waals surface area contributed by atoms with E-state index in [4.69, 9.17) is 11.6 Å². The zero-order chi connectivity index (χ0) is 14.1. The Morgan fingerprint density at radius 1 is 1.53 bits per heavy atom. The van der Waals surface area contributed by atoms with Crippen molar-refractivity contribution < 1.29 is 9.59 Å². The molecule has 0 bridgehead atoms. The van der Waals surface area contributed by atoms with Gasteiger partial charge in [0.1, 0.15) is 10.8 Å². The third-order valence-corrected chi connectivity index (χ3v) is 2.76. The highest BCUT2D eigenvalue weighted by Crippen LogP contribution is 2.21. The fourth-order valence-corrected chi connectivity index (χ4v) is 1.70. The van der Waals surface area contributed by atoms with Crippen molar-refractivity contribution in [3.8, 4) is 0 Å². The average Bonchev–Trinajstić information content (AvgIpc) is 2.41. The third kappa shape index (κ3) is 5.26. The van der Waals surface area contributed by atoms with Crippen LogP contribution in [0, 0.1) is 0 Å². The molecule has 0 unspecified atom stereocenters. The normalized spacial score (nSPS) is 12.6. The van der Waals surface area contributed by atoms with Gasteiger partial charge in [-0.25, -0.2) is 4.98 Å². The van der Waals surface area contributed by atoms with E-state index in [1.165, 1.54) is 0 Å². The standard InChI is InChI=1S/C8H7ClN2O.C5H11NO/c9-7-2-1-5-8(11-7)6(12)3-4-10-5;1-2-3-4-6-5-7/h1-2,10H,3-4H2;5H,2-4H2,1H3,(H,6,7). The summed E-state index contributed by atoms with van der Waals surface area (Å²) in [7, 11) is 0. The van der Waals surface area contributed by atoms with Crippen LogP contribution in [0.1, 0.15) is 36.7 Å². The second kappa shape index (κ2) is 8.48. The molecule has 104 valence electrons. The van der Waals surface area contributed by atoms with Crippen molar-refractivity contribution in [1.29, 1.82) is 0 Å². The molecule has 0 saturated carbocycles. The molecule has 1 aliphatic rings. The summed E-state index contributed by atoms with van der Waals surface area (Å²) in [5.74, 6) is 0.0613. The minimum absolute atomic E-state index is 0.0613. The van der Waals surface area contributed by atoms with Crippen LogP contribution in [-0.2, 0) is 4.79 Å². The molecular weight excluding hydrogens is 266 g/mol. The number of pyridine rings is 1. The number of nitrogens with zero attached hydrogens (tertiary/aromatic N) is 1. The van der Waals surface area contributed by atoms with Crippen molar-refractivity contribution in [2.24, 2.45) is 0 Å². The fraction of sp³-hybridized carbons (Fsp3) is 0.462. The first-order chi connectivity index (χ1) is 9.19. The lowest BCUT2D eigenvalue weighted by Crippen LogP contribution is -2.19. The van der Waals surface area contributed by atoms with Crippen LogP contribution in [-0.4, -0.2) is 30.3 Å². The minimum Gasteiger partial charge on any atom is -0.383 e. The number of rotatable bonds is 4. The van der Waals surface area contributed by atoms with Gasteiger partial charge in [-0.3, -0.25) is 9.59 Å². The Hall–Kier alpha value is -1.62. The molecule has 0 fully saturated rings. The number of carbonyl (C=O) groups is 2.